The zero-order valence-corrected chi connectivity index (χ0v) is 11.6. The summed E-state index contributed by atoms with van der Waals surface area (Å²) in [6, 6.07) is 11.7. The van der Waals surface area contributed by atoms with E-state index in [4.69, 9.17) is 9.47 Å². The molecule has 2 aromatic rings. The summed E-state index contributed by atoms with van der Waals surface area (Å²) in [5.74, 6) is 0.991. The van der Waals surface area contributed by atoms with E-state index in [-0.39, 0.29) is 11.9 Å². The van der Waals surface area contributed by atoms with Crippen molar-refractivity contribution in [2.75, 3.05) is 13.7 Å². The first-order valence-electron chi connectivity index (χ1n) is 6.99. The van der Waals surface area contributed by atoms with Crippen molar-refractivity contribution in [2.45, 2.75) is 25.4 Å². The number of carbonyl (C=O) groups excluding carboxylic acids is 1. The number of hydrogen-bond acceptors (Lipinski definition) is 3. The van der Waals surface area contributed by atoms with Gasteiger partial charge in [-0.25, -0.2) is 0 Å². The first kappa shape index (κ1) is 13.1. The Morgan fingerprint density at radius 1 is 1.25 bits per heavy atom. The average Bonchev–Trinajstić information content (AvgIpc) is 2.99. The minimum absolute atomic E-state index is 0.106. The number of carbonyl (C=O) groups is 1. The van der Waals surface area contributed by atoms with Crippen LogP contribution in [0.3, 0.4) is 0 Å². The van der Waals surface area contributed by atoms with Crippen molar-refractivity contribution in [3.05, 3.63) is 42.0 Å². The van der Waals surface area contributed by atoms with Gasteiger partial charge in [0.1, 0.15) is 5.75 Å². The van der Waals surface area contributed by atoms with E-state index < -0.39 is 0 Å². The minimum atomic E-state index is 0.106. The predicted octanol–water partition coefficient (Wildman–Crippen LogP) is 3.60. The number of rotatable bonds is 4. The summed E-state index contributed by atoms with van der Waals surface area (Å²) in [4.78, 5) is 12.3. The summed E-state index contributed by atoms with van der Waals surface area (Å²) in [6.07, 6.45) is 2.65. The van der Waals surface area contributed by atoms with Gasteiger partial charge in [-0.3, -0.25) is 4.79 Å². The third-order valence-electron chi connectivity index (χ3n) is 3.81. The summed E-state index contributed by atoms with van der Waals surface area (Å²) in [6.45, 7) is 0.787. The quantitative estimate of drug-likeness (QED) is 0.796. The first-order chi connectivity index (χ1) is 9.76. The Balaban J connectivity index is 1.82. The van der Waals surface area contributed by atoms with Gasteiger partial charge in [-0.2, -0.15) is 0 Å². The highest BCUT2D eigenvalue weighted by atomic mass is 16.5. The molecule has 1 saturated heterocycles. The Morgan fingerprint density at radius 2 is 2.05 bits per heavy atom. The molecule has 3 nitrogen and oxygen atoms in total. The number of hydrogen-bond donors (Lipinski definition) is 0. The topological polar surface area (TPSA) is 35.5 Å². The van der Waals surface area contributed by atoms with E-state index in [2.05, 4.69) is 0 Å². The highest BCUT2D eigenvalue weighted by Crippen LogP contribution is 2.23. The smallest absolute Gasteiger partial charge is 0.165 e. The monoisotopic (exact) mass is 270 g/mol. The fourth-order valence-electron chi connectivity index (χ4n) is 2.65. The molecule has 1 heterocycles. The molecule has 0 N–H and O–H groups in total. The summed E-state index contributed by atoms with van der Waals surface area (Å²) < 4.78 is 10.7. The first-order valence-corrected chi connectivity index (χ1v) is 6.99. The molecule has 0 aromatic heterocycles. The maximum absolute atomic E-state index is 12.3. The van der Waals surface area contributed by atoms with Crippen LogP contribution < -0.4 is 4.74 Å². The van der Waals surface area contributed by atoms with Gasteiger partial charge in [0.25, 0.3) is 0 Å². The fourth-order valence-corrected chi connectivity index (χ4v) is 2.65. The second-order valence-electron chi connectivity index (χ2n) is 5.19. The van der Waals surface area contributed by atoms with Crippen LogP contribution in [0.25, 0.3) is 10.8 Å². The Labute approximate surface area is 118 Å². The van der Waals surface area contributed by atoms with Gasteiger partial charge < -0.3 is 9.47 Å². The maximum Gasteiger partial charge on any atom is 0.165 e. The highest BCUT2D eigenvalue weighted by Gasteiger charge is 2.20. The van der Waals surface area contributed by atoms with Crippen molar-refractivity contribution >= 4 is 16.6 Å². The molecule has 1 atom stereocenters. The second-order valence-corrected chi connectivity index (χ2v) is 5.19. The molecule has 0 aliphatic carbocycles. The Hall–Kier alpha value is -1.87. The van der Waals surface area contributed by atoms with Crippen LogP contribution in [-0.2, 0) is 4.74 Å². The van der Waals surface area contributed by atoms with Gasteiger partial charge >= 0.3 is 0 Å². The molecule has 2 aromatic carbocycles. The van der Waals surface area contributed by atoms with E-state index >= 15 is 0 Å². The number of ketones is 1. The number of fused-ring (bicyclic) bond motifs is 1. The molecule has 3 heteroatoms. The maximum atomic E-state index is 12.3. The molecule has 0 spiro atoms. The lowest BCUT2D eigenvalue weighted by atomic mass is 10.0. The van der Waals surface area contributed by atoms with Gasteiger partial charge in [0.2, 0.25) is 0 Å². The molecule has 0 saturated carbocycles. The zero-order chi connectivity index (χ0) is 13.9. The van der Waals surface area contributed by atoms with Crippen LogP contribution >= 0.6 is 0 Å². The van der Waals surface area contributed by atoms with Crippen molar-refractivity contribution < 1.29 is 14.3 Å². The largest absolute Gasteiger partial charge is 0.497 e. The van der Waals surface area contributed by atoms with Gasteiger partial charge in [0.05, 0.1) is 13.2 Å². The third kappa shape index (κ3) is 2.68. The molecular formula is C17H18O3. The Bertz CT molecular complexity index is 627. The van der Waals surface area contributed by atoms with Gasteiger partial charge in [0.15, 0.2) is 5.78 Å². The van der Waals surface area contributed by atoms with Crippen LogP contribution in [-0.4, -0.2) is 25.6 Å². The highest BCUT2D eigenvalue weighted by molar-refractivity contribution is 6.00. The number of ether oxygens (including phenoxy) is 2. The summed E-state index contributed by atoms with van der Waals surface area (Å²) in [7, 11) is 1.65. The molecule has 0 bridgehead atoms. The van der Waals surface area contributed by atoms with Crippen molar-refractivity contribution in [3.63, 3.8) is 0 Å². The SMILES string of the molecule is COc1ccc2cc(C(=O)CC3CCCO3)ccc2c1. The Kier molecular flexibility index (Phi) is 3.70. The van der Waals surface area contributed by atoms with Crippen LogP contribution in [0.15, 0.2) is 36.4 Å². The molecule has 1 aliphatic heterocycles. The van der Waals surface area contributed by atoms with Gasteiger partial charge in [-0.15, -0.1) is 0 Å². The second kappa shape index (κ2) is 5.63. The number of benzene rings is 2. The van der Waals surface area contributed by atoms with Crippen molar-refractivity contribution in [1.29, 1.82) is 0 Å². The van der Waals surface area contributed by atoms with Crippen LogP contribution in [0.1, 0.15) is 29.6 Å². The van der Waals surface area contributed by atoms with Crippen LogP contribution in [0, 0.1) is 0 Å². The van der Waals surface area contributed by atoms with E-state index in [1.807, 2.05) is 36.4 Å². The third-order valence-corrected chi connectivity index (χ3v) is 3.81. The normalized spacial score (nSPS) is 18.4. The molecule has 3 rings (SSSR count). The minimum Gasteiger partial charge on any atom is -0.497 e. The average molecular weight is 270 g/mol. The fraction of sp³-hybridized carbons (Fsp3) is 0.353. The molecule has 104 valence electrons. The molecule has 1 aliphatic rings. The lowest BCUT2D eigenvalue weighted by molar-refractivity contribution is 0.0775. The predicted molar refractivity (Wildman–Crippen MR) is 78.4 cm³/mol. The van der Waals surface area contributed by atoms with E-state index in [1.54, 1.807) is 7.11 Å². The van der Waals surface area contributed by atoms with Crippen LogP contribution in [0.5, 0.6) is 5.75 Å². The van der Waals surface area contributed by atoms with Crippen molar-refractivity contribution in [3.8, 4) is 5.75 Å². The van der Waals surface area contributed by atoms with E-state index in [0.717, 1.165) is 41.5 Å². The van der Waals surface area contributed by atoms with E-state index in [9.17, 15) is 4.79 Å². The van der Waals surface area contributed by atoms with E-state index in [0.29, 0.717) is 6.42 Å². The summed E-state index contributed by atoms with van der Waals surface area (Å²) in [5, 5.41) is 2.14. The van der Waals surface area contributed by atoms with Crippen LogP contribution in [0.4, 0.5) is 0 Å². The van der Waals surface area contributed by atoms with Crippen LogP contribution in [0.2, 0.25) is 0 Å². The molecule has 0 radical (unpaired) electrons. The number of methoxy groups -OCH3 is 1. The molecule has 20 heavy (non-hydrogen) atoms. The summed E-state index contributed by atoms with van der Waals surface area (Å²) in [5.41, 5.74) is 0.762. The molecule has 0 amide bonds. The summed E-state index contributed by atoms with van der Waals surface area (Å²) >= 11 is 0. The van der Waals surface area contributed by atoms with E-state index in [1.165, 1.54) is 0 Å². The Morgan fingerprint density at radius 3 is 2.80 bits per heavy atom. The number of Topliss-reactive ketones (excluding diaryl/α,β-unsaturated/α-hetero) is 1. The zero-order valence-electron chi connectivity index (χ0n) is 11.6. The lowest BCUT2D eigenvalue weighted by Gasteiger charge is -2.09. The lowest BCUT2D eigenvalue weighted by Crippen LogP contribution is -2.12. The molecule has 1 fully saturated rings. The van der Waals surface area contributed by atoms with Gasteiger partial charge in [-0.1, -0.05) is 18.2 Å². The van der Waals surface area contributed by atoms with Crippen molar-refractivity contribution in [2.24, 2.45) is 0 Å². The van der Waals surface area contributed by atoms with Gasteiger partial charge in [-0.05, 0) is 41.8 Å². The molecule has 1 unspecified atom stereocenters. The molecular weight excluding hydrogens is 252 g/mol. The van der Waals surface area contributed by atoms with Gasteiger partial charge in [0, 0.05) is 18.6 Å². The standard InChI is InChI=1S/C17H18O3/c1-19-15-7-6-12-9-14(5-4-13(12)10-15)17(18)11-16-3-2-8-20-16/h4-7,9-10,16H,2-3,8,11H2,1H3. The van der Waals surface area contributed by atoms with Crippen molar-refractivity contribution in [1.82, 2.24) is 0 Å².